The van der Waals surface area contributed by atoms with E-state index in [4.69, 9.17) is 0 Å². The summed E-state index contributed by atoms with van der Waals surface area (Å²) < 4.78 is 224. The summed E-state index contributed by atoms with van der Waals surface area (Å²) in [4.78, 5) is 0. The summed E-state index contributed by atoms with van der Waals surface area (Å²) in [5.41, 5.74) is -22.7. The quantitative estimate of drug-likeness (QED) is 0.425. The van der Waals surface area contributed by atoms with Crippen molar-refractivity contribution in [3.63, 3.8) is 0 Å². The van der Waals surface area contributed by atoms with Crippen LogP contribution in [0.4, 0.5) is 79.0 Å². The summed E-state index contributed by atoms with van der Waals surface area (Å²) in [6.07, 6.45) is -40.0. The van der Waals surface area contributed by atoms with E-state index in [1.807, 2.05) is 0 Å². The van der Waals surface area contributed by atoms with Crippen molar-refractivity contribution in [1.29, 1.82) is 0 Å². The van der Waals surface area contributed by atoms with Gasteiger partial charge in [-0.3, -0.25) is 0 Å². The molecule has 0 heterocycles. The first-order chi connectivity index (χ1) is 11.3. The molecule has 0 unspecified atom stereocenters. The average molecular weight is 450 g/mol. The van der Waals surface area contributed by atoms with Crippen LogP contribution in [-0.4, -0.2) is 42.2 Å². The van der Waals surface area contributed by atoms with Crippen molar-refractivity contribution >= 4 is 0 Å². The lowest BCUT2D eigenvalue weighted by atomic mass is 9.79. The van der Waals surface area contributed by atoms with Crippen LogP contribution < -0.4 is 0 Å². The minimum atomic E-state index is -8.36. The van der Waals surface area contributed by atoms with Gasteiger partial charge in [-0.2, -0.15) is 65.9 Å². The van der Waals surface area contributed by atoms with Crippen molar-refractivity contribution in [3.8, 4) is 0 Å². The molecule has 0 aliphatic rings. The van der Waals surface area contributed by atoms with Gasteiger partial charge in [-0.15, -0.1) is 0 Å². The molecule has 0 radical (unpaired) electrons. The molecule has 0 rings (SSSR count). The lowest BCUT2D eigenvalue weighted by Gasteiger charge is -2.40. The van der Waals surface area contributed by atoms with Gasteiger partial charge in [0, 0.05) is 0 Å². The Hall–Kier alpha value is -1.52. The van der Waals surface area contributed by atoms with Gasteiger partial charge in [0.1, 0.15) is 0 Å². The molecule has 0 aromatic heterocycles. The van der Waals surface area contributed by atoms with Gasteiger partial charge in [0.15, 0.2) is 0 Å². The molecule has 0 aromatic carbocycles. The number of allylic oxidation sites excluding steroid dienone is 2. The number of halogens is 18. The van der Waals surface area contributed by atoms with Crippen LogP contribution in [0.3, 0.4) is 0 Å². The Kier molecular flexibility index (Phi) is 5.90. The molecule has 0 saturated carbocycles. The maximum atomic E-state index is 13.5. The van der Waals surface area contributed by atoms with Crippen molar-refractivity contribution in [2.45, 2.75) is 42.2 Å². The molecule has 0 N–H and O–H groups in total. The number of hydrogen-bond donors (Lipinski definition) is 0. The zero-order valence-corrected chi connectivity index (χ0v) is 11.3. The first-order valence-corrected chi connectivity index (χ1v) is 5.40. The Labute approximate surface area is 134 Å². The smallest absolute Gasteiger partial charge is 0.218 e. The van der Waals surface area contributed by atoms with Crippen molar-refractivity contribution in [1.82, 2.24) is 0 Å². The molecule has 162 valence electrons. The highest BCUT2D eigenvalue weighted by atomic mass is 19.4. The van der Waals surface area contributed by atoms with Crippen LogP contribution in [0.2, 0.25) is 0 Å². The third-order valence-corrected chi connectivity index (χ3v) is 2.72. The van der Waals surface area contributed by atoms with Crippen LogP contribution in [0.15, 0.2) is 11.4 Å². The van der Waals surface area contributed by atoms with Crippen molar-refractivity contribution in [2.24, 2.45) is 0 Å². The summed E-state index contributed by atoms with van der Waals surface area (Å²) in [5, 5.41) is 0. The zero-order valence-electron chi connectivity index (χ0n) is 11.3. The zero-order chi connectivity index (χ0) is 22.7. The van der Waals surface area contributed by atoms with Gasteiger partial charge >= 0.3 is 42.2 Å². The second-order valence-electron chi connectivity index (χ2n) is 4.49. The lowest BCUT2D eigenvalue weighted by molar-refractivity contribution is -0.365. The molecular formula is C9F18. The van der Waals surface area contributed by atoms with E-state index in [0.717, 1.165) is 0 Å². The molecule has 0 fully saturated rings. The Bertz CT molecular complexity index is 504. The van der Waals surface area contributed by atoms with E-state index in [2.05, 4.69) is 0 Å². The van der Waals surface area contributed by atoms with Gasteiger partial charge in [0.2, 0.25) is 5.83 Å². The van der Waals surface area contributed by atoms with E-state index in [1.54, 1.807) is 0 Å². The molecule has 0 saturated heterocycles. The minimum absolute atomic E-state index is 5.56. The molecule has 0 nitrogen and oxygen atoms in total. The van der Waals surface area contributed by atoms with Gasteiger partial charge in [-0.05, 0) is 0 Å². The lowest BCUT2D eigenvalue weighted by Crippen LogP contribution is -2.66. The molecule has 27 heavy (non-hydrogen) atoms. The summed E-state index contributed by atoms with van der Waals surface area (Å²) in [6, 6.07) is 0. The predicted octanol–water partition coefficient (Wildman–Crippen LogP) is 6.44. The molecule has 0 aliphatic carbocycles. The highest BCUT2D eigenvalue weighted by Crippen LogP contribution is 2.62. The molecular weight excluding hydrogens is 450 g/mol. The van der Waals surface area contributed by atoms with Crippen LogP contribution >= 0.6 is 0 Å². The highest BCUT2D eigenvalue weighted by molar-refractivity contribution is 5.40. The van der Waals surface area contributed by atoms with Crippen LogP contribution in [0.1, 0.15) is 0 Å². The van der Waals surface area contributed by atoms with Crippen LogP contribution in [0.25, 0.3) is 0 Å². The van der Waals surface area contributed by atoms with Gasteiger partial charge in [-0.1, -0.05) is 0 Å². The Morgan fingerprint density at radius 2 is 0.556 bits per heavy atom. The fourth-order valence-corrected chi connectivity index (χ4v) is 1.57. The van der Waals surface area contributed by atoms with E-state index in [9.17, 15) is 79.0 Å². The Morgan fingerprint density at radius 3 is 0.667 bits per heavy atom. The molecule has 0 aromatic rings. The Balaban J connectivity index is 7.82. The predicted molar refractivity (Wildman–Crippen MR) is 46.1 cm³/mol. The standard InChI is InChI=1S/C9F18/c10-2(5(13,14)15)1(3(11,6(16,17)18)7(19,20)21)4(12,8(22,23)24)9(25,26)27. The summed E-state index contributed by atoms with van der Waals surface area (Å²) in [5.74, 6) is -5.56. The van der Waals surface area contributed by atoms with Gasteiger partial charge in [0.05, 0.1) is 5.57 Å². The normalized spacial score (nSPS) is 15.8. The first-order valence-electron chi connectivity index (χ1n) is 5.40. The molecule has 0 atom stereocenters. The van der Waals surface area contributed by atoms with E-state index >= 15 is 0 Å². The van der Waals surface area contributed by atoms with Crippen LogP contribution in [0, 0.1) is 0 Å². The number of hydrogen-bond acceptors (Lipinski definition) is 0. The molecule has 0 aliphatic heterocycles. The highest BCUT2D eigenvalue weighted by Gasteiger charge is 2.87. The van der Waals surface area contributed by atoms with Crippen molar-refractivity contribution in [2.75, 3.05) is 0 Å². The maximum absolute atomic E-state index is 13.5. The van der Waals surface area contributed by atoms with E-state index in [-0.39, 0.29) is 0 Å². The largest absolute Gasteiger partial charge is 0.443 e. The first kappa shape index (κ1) is 25.5. The van der Waals surface area contributed by atoms with Crippen molar-refractivity contribution < 1.29 is 79.0 Å². The number of alkyl halides is 17. The molecule has 0 spiro atoms. The summed E-state index contributed by atoms with van der Waals surface area (Å²) in [6.45, 7) is 0. The van der Waals surface area contributed by atoms with Gasteiger partial charge < -0.3 is 0 Å². The van der Waals surface area contributed by atoms with Gasteiger partial charge in [0.25, 0.3) is 0 Å². The van der Waals surface area contributed by atoms with Gasteiger partial charge in [-0.25, -0.2) is 13.2 Å². The third-order valence-electron chi connectivity index (χ3n) is 2.72. The van der Waals surface area contributed by atoms with E-state index < -0.39 is 53.6 Å². The third kappa shape index (κ3) is 3.88. The van der Waals surface area contributed by atoms with Crippen LogP contribution in [-0.2, 0) is 0 Å². The SMILES string of the molecule is FC(=C(C(F)(C(F)(F)F)C(F)(F)F)C(F)(C(F)(F)F)C(F)(F)F)C(F)(F)F. The monoisotopic (exact) mass is 450 g/mol. The van der Waals surface area contributed by atoms with Crippen molar-refractivity contribution in [3.05, 3.63) is 11.4 Å². The minimum Gasteiger partial charge on any atom is -0.218 e. The fourth-order valence-electron chi connectivity index (χ4n) is 1.57. The molecule has 0 bridgehead atoms. The number of rotatable bonds is 2. The maximum Gasteiger partial charge on any atom is 0.443 e. The molecule has 18 heteroatoms. The van der Waals surface area contributed by atoms with E-state index in [0.29, 0.717) is 0 Å². The average Bonchev–Trinajstić information content (AvgIpc) is 2.31. The Morgan fingerprint density at radius 1 is 0.370 bits per heavy atom. The second-order valence-corrected chi connectivity index (χ2v) is 4.49. The summed E-state index contributed by atoms with van der Waals surface area (Å²) in [7, 11) is 0. The topological polar surface area (TPSA) is 0 Å². The molecule has 0 amide bonds. The fraction of sp³-hybridized carbons (Fsp3) is 0.778. The van der Waals surface area contributed by atoms with Crippen LogP contribution in [0.5, 0.6) is 0 Å². The second kappa shape index (κ2) is 6.25. The van der Waals surface area contributed by atoms with E-state index in [1.165, 1.54) is 0 Å². The summed E-state index contributed by atoms with van der Waals surface area (Å²) >= 11 is 0.